The van der Waals surface area contributed by atoms with Gasteiger partial charge in [-0.05, 0) is 40.1 Å². The molecule has 2 rings (SSSR count). The van der Waals surface area contributed by atoms with Crippen LogP contribution in [0.5, 0.6) is 5.75 Å². The van der Waals surface area contributed by atoms with Gasteiger partial charge in [-0.15, -0.1) is 6.42 Å². The fraction of sp³-hybridized carbons (Fsp3) is 0.0769. The standard InChI is InChI=1S/C13H10OS/c1-3-10-8-11(4-5-13(10)14-2)12-6-7-15-9-12/h1,4-9H,2H3. The van der Waals surface area contributed by atoms with Crippen LogP contribution in [0.25, 0.3) is 11.1 Å². The highest BCUT2D eigenvalue weighted by Crippen LogP contribution is 2.27. The lowest BCUT2D eigenvalue weighted by Gasteiger charge is -2.05. The van der Waals surface area contributed by atoms with E-state index in [0.717, 1.165) is 16.9 Å². The van der Waals surface area contributed by atoms with Gasteiger partial charge in [-0.2, -0.15) is 11.3 Å². The number of hydrogen-bond donors (Lipinski definition) is 0. The average Bonchev–Trinajstić information content (AvgIpc) is 2.81. The van der Waals surface area contributed by atoms with Crippen molar-refractivity contribution in [2.75, 3.05) is 7.11 Å². The Morgan fingerprint density at radius 2 is 2.13 bits per heavy atom. The van der Waals surface area contributed by atoms with Crippen LogP contribution in [-0.4, -0.2) is 7.11 Å². The molecule has 74 valence electrons. The Morgan fingerprint density at radius 1 is 1.27 bits per heavy atom. The summed E-state index contributed by atoms with van der Waals surface area (Å²) in [5.74, 6) is 3.37. The lowest BCUT2D eigenvalue weighted by Crippen LogP contribution is -1.88. The van der Waals surface area contributed by atoms with E-state index in [1.54, 1.807) is 18.4 Å². The molecule has 0 aliphatic heterocycles. The van der Waals surface area contributed by atoms with Gasteiger partial charge < -0.3 is 4.74 Å². The van der Waals surface area contributed by atoms with E-state index in [-0.39, 0.29) is 0 Å². The van der Waals surface area contributed by atoms with E-state index in [9.17, 15) is 0 Å². The van der Waals surface area contributed by atoms with Crippen LogP contribution < -0.4 is 4.74 Å². The first-order valence-corrected chi connectivity index (χ1v) is 5.46. The van der Waals surface area contributed by atoms with Crippen molar-refractivity contribution in [1.29, 1.82) is 0 Å². The molecule has 1 nitrogen and oxygen atoms in total. The molecule has 1 heterocycles. The number of thiophene rings is 1. The van der Waals surface area contributed by atoms with Crippen LogP contribution in [0.1, 0.15) is 5.56 Å². The van der Waals surface area contributed by atoms with Gasteiger partial charge in [0, 0.05) is 0 Å². The van der Waals surface area contributed by atoms with Gasteiger partial charge in [0.25, 0.3) is 0 Å². The normalized spacial score (nSPS) is 9.60. The molecule has 0 amide bonds. The summed E-state index contributed by atoms with van der Waals surface area (Å²) in [6, 6.07) is 7.97. The van der Waals surface area contributed by atoms with Crippen LogP contribution in [0.4, 0.5) is 0 Å². The first-order chi connectivity index (χ1) is 7.35. The van der Waals surface area contributed by atoms with Crippen molar-refractivity contribution in [3.8, 4) is 29.2 Å². The Hall–Kier alpha value is -1.72. The third kappa shape index (κ3) is 1.88. The largest absolute Gasteiger partial charge is 0.495 e. The van der Waals surface area contributed by atoms with Gasteiger partial charge in [0.15, 0.2) is 0 Å². The highest BCUT2D eigenvalue weighted by atomic mass is 32.1. The minimum absolute atomic E-state index is 0.747. The van der Waals surface area contributed by atoms with E-state index in [0.29, 0.717) is 0 Å². The van der Waals surface area contributed by atoms with Gasteiger partial charge in [0.2, 0.25) is 0 Å². The minimum atomic E-state index is 0.747. The maximum absolute atomic E-state index is 5.42. The fourth-order valence-electron chi connectivity index (χ4n) is 1.43. The molecule has 0 N–H and O–H groups in total. The molecular formula is C13H10OS. The molecule has 0 spiro atoms. The van der Waals surface area contributed by atoms with E-state index in [2.05, 4.69) is 22.7 Å². The Balaban J connectivity index is 2.49. The lowest BCUT2D eigenvalue weighted by atomic mass is 10.1. The molecule has 0 unspecified atom stereocenters. The summed E-state index contributed by atoms with van der Waals surface area (Å²) in [6.45, 7) is 0. The molecule has 15 heavy (non-hydrogen) atoms. The van der Waals surface area contributed by atoms with Gasteiger partial charge in [-0.25, -0.2) is 0 Å². The van der Waals surface area contributed by atoms with Crippen LogP contribution in [0.3, 0.4) is 0 Å². The molecule has 0 saturated carbocycles. The second-order valence-corrected chi connectivity index (χ2v) is 3.85. The molecular weight excluding hydrogens is 204 g/mol. The molecule has 1 aromatic heterocycles. The SMILES string of the molecule is C#Cc1cc(-c2ccsc2)ccc1OC. The quantitative estimate of drug-likeness (QED) is 0.696. The summed E-state index contributed by atoms with van der Waals surface area (Å²) in [5, 5.41) is 4.15. The third-order valence-corrected chi connectivity index (χ3v) is 2.89. The molecule has 0 fully saturated rings. The summed E-state index contributed by atoms with van der Waals surface area (Å²) in [4.78, 5) is 0. The average molecular weight is 214 g/mol. The van der Waals surface area contributed by atoms with Gasteiger partial charge >= 0.3 is 0 Å². The summed E-state index contributed by atoms with van der Waals surface area (Å²) >= 11 is 1.67. The maximum Gasteiger partial charge on any atom is 0.134 e. The Kier molecular flexibility index (Phi) is 2.75. The molecule has 2 aromatic rings. The Bertz CT molecular complexity index is 492. The number of hydrogen-bond acceptors (Lipinski definition) is 2. The highest BCUT2D eigenvalue weighted by Gasteiger charge is 2.03. The molecule has 0 bridgehead atoms. The molecule has 2 heteroatoms. The van der Waals surface area contributed by atoms with E-state index < -0.39 is 0 Å². The van der Waals surface area contributed by atoms with Crippen molar-refractivity contribution in [3.05, 3.63) is 40.6 Å². The van der Waals surface area contributed by atoms with Crippen molar-refractivity contribution in [2.45, 2.75) is 0 Å². The van der Waals surface area contributed by atoms with Crippen molar-refractivity contribution in [2.24, 2.45) is 0 Å². The predicted molar refractivity (Wildman–Crippen MR) is 64.2 cm³/mol. The monoisotopic (exact) mass is 214 g/mol. The number of methoxy groups -OCH3 is 1. The molecule has 1 aromatic carbocycles. The van der Waals surface area contributed by atoms with Gasteiger partial charge in [-0.3, -0.25) is 0 Å². The number of rotatable bonds is 2. The van der Waals surface area contributed by atoms with E-state index in [1.165, 1.54) is 5.56 Å². The maximum atomic E-state index is 5.42. The summed E-state index contributed by atoms with van der Waals surface area (Å²) in [5.41, 5.74) is 3.12. The topological polar surface area (TPSA) is 9.23 Å². The van der Waals surface area contributed by atoms with E-state index in [4.69, 9.17) is 11.2 Å². The first kappa shape index (κ1) is 9.82. The number of ether oxygens (including phenoxy) is 1. The fourth-order valence-corrected chi connectivity index (χ4v) is 2.09. The molecule has 0 saturated heterocycles. The second kappa shape index (κ2) is 4.20. The van der Waals surface area contributed by atoms with Gasteiger partial charge in [0.1, 0.15) is 5.75 Å². The minimum Gasteiger partial charge on any atom is -0.495 e. The van der Waals surface area contributed by atoms with E-state index in [1.807, 2.05) is 18.2 Å². The third-order valence-electron chi connectivity index (χ3n) is 2.21. The number of benzene rings is 1. The second-order valence-electron chi connectivity index (χ2n) is 3.07. The zero-order valence-electron chi connectivity index (χ0n) is 8.36. The first-order valence-electron chi connectivity index (χ1n) is 4.52. The molecule has 0 atom stereocenters. The van der Waals surface area contributed by atoms with Crippen molar-refractivity contribution in [3.63, 3.8) is 0 Å². The smallest absolute Gasteiger partial charge is 0.134 e. The van der Waals surface area contributed by atoms with Crippen LogP contribution >= 0.6 is 11.3 Å². The zero-order valence-corrected chi connectivity index (χ0v) is 9.17. The van der Waals surface area contributed by atoms with Gasteiger partial charge in [0.05, 0.1) is 12.7 Å². The summed E-state index contributed by atoms with van der Waals surface area (Å²) in [6.07, 6.45) is 5.42. The van der Waals surface area contributed by atoms with Gasteiger partial charge in [-0.1, -0.05) is 12.0 Å². The van der Waals surface area contributed by atoms with Crippen molar-refractivity contribution < 1.29 is 4.74 Å². The van der Waals surface area contributed by atoms with Crippen molar-refractivity contribution in [1.82, 2.24) is 0 Å². The Labute approximate surface area is 93.3 Å². The van der Waals surface area contributed by atoms with Crippen LogP contribution in [0, 0.1) is 12.3 Å². The predicted octanol–water partition coefficient (Wildman–Crippen LogP) is 3.41. The van der Waals surface area contributed by atoms with Crippen LogP contribution in [0.2, 0.25) is 0 Å². The highest BCUT2D eigenvalue weighted by molar-refractivity contribution is 7.08. The Morgan fingerprint density at radius 3 is 2.73 bits per heavy atom. The molecule has 0 aliphatic carbocycles. The summed E-state index contributed by atoms with van der Waals surface area (Å²) in [7, 11) is 1.63. The zero-order chi connectivity index (χ0) is 10.7. The summed E-state index contributed by atoms with van der Waals surface area (Å²) < 4.78 is 5.17. The van der Waals surface area contributed by atoms with Crippen LogP contribution in [-0.2, 0) is 0 Å². The molecule has 0 radical (unpaired) electrons. The molecule has 0 aliphatic rings. The van der Waals surface area contributed by atoms with Crippen molar-refractivity contribution >= 4 is 11.3 Å². The van der Waals surface area contributed by atoms with E-state index >= 15 is 0 Å². The lowest BCUT2D eigenvalue weighted by molar-refractivity contribution is 0.413. The number of terminal acetylenes is 1. The van der Waals surface area contributed by atoms with Crippen LogP contribution in [0.15, 0.2) is 35.0 Å².